The minimum atomic E-state index is -3.62. The third kappa shape index (κ3) is 3.34. The van der Waals surface area contributed by atoms with Crippen LogP contribution >= 0.6 is 0 Å². The van der Waals surface area contributed by atoms with Crippen LogP contribution in [0, 0.1) is 0 Å². The summed E-state index contributed by atoms with van der Waals surface area (Å²) in [5.74, 6) is 0.305. The molecule has 0 spiro atoms. The van der Waals surface area contributed by atoms with Crippen LogP contribution in [0.25, 0.3) is 0 Å². The van der Waals surface area contributed by atoms with Gasteiger partial charge < -0.3 is 5.32 Å². The Hall–Kier alpha value is -1.92. The van der Waals surface area contributed by atoms with E-state index in [1.807, 2.05) is 20.0 Å². The van der Waals surface area contributed by atoms with Gasteiger partial charge in [0.1, 0.15) is 5.82 Å². The molecule has 1 unspecified atom stereocenters. The van der Waals surface area contributed by atoms with Crippen LogP contribution in [0.2, 0.25) is 0 Å². The van der Waals surface area contributed by atoms with E-state index in [4.69, 9.17) is 0 Å². The van der Waals surface area contributed by atoms with E-state index >= 15 is 0 Å². The number of benzene rings is 1. The van der Waals surface area contributed by atoms with Gasteiger partial charge in [-0.25, -0.2) is 13.4 Å². The first kappa shape index (κ1) is 14.5. The Balaban J connectivity index is 2.30. The van der Waals surface area contributed by atoms with E-state index in [-0.39, 0.29) is 10.9 Å². The van der Waals surface area contributed by atoms with Crippen LogP contribution in [0.5, 0.6) is 0 Å². The smallest absolute Gasteiger partial charge is 0.263 e. The van der Waals surface area contributed by atoms with Gasteiger partial charge in [-0.15, -0.1) is 0 Å². The standard InChI is InChI=1S/C14H17N3O2S/c1-11(15-2)12-6-5-7-13(10-12)20(18,19)17-14-8-3-4-9-16-14/h3-11,15H,1-2H3,(H,16,17). The molecule has 1 aromatic heterocycles. The van der Waals surface area contributed by atoms with Crippen molar-refractivity contribution in [2.24, 2.45) is 0 Å². The van der Waals surface area contributed by atoms with Crippen LogP contribution in [0.3, 0.4) is 0 Å². The second kappa shape index (κ2) is 6.02. The maximum atomic E-state index is 12.3. The number of hydrogen-bond acceptors (Lipinski definition) is 4. The van der Waals surface area contributed by atoms with Gasteiger partial charge >= 0.3 is 0 Å². The Morgan fingerprint density at radius 3 is 2.60 bits per heavy atom. The van der Waals surface area contributed by atoms with Crippen molar-refractivity contribution in [3.63, 3.8) is 0 Å². The Morgan fingerprint density at radius 2 is 1.95 bits per heavy atom. The topological polar surface area (TPSA) is 71.1 Å². The van der Waals surface area contributed by atoms with Crippen LogP contribution < -0.4 is 10.0 Å². The van der Waals surface area contributed by atoms with Gasteiger partial charge in [0.05, 0.1) is 4.90 Å². The first-order valence-electron chi connectivity index (χ1n) is 6.24. The zero-order chi connectivity index (χ0) is 14.6. The summed E-state index contributed by atoms with van der Waals surface area (Å²) in [5.41, 5.74) is 0.913. The first-order chi connectivity index (χ1) is 9.53. The van der Waals surface area contributed by atoms with E-state index in [2.05, 4.69) is 15.0 Å². The summed E-state index contributed by atoms with van der Waals surface area (Å²) in [6.07, 6.45) is 1.54. The maximum absolute atomic E-state index is 12.3. The van der Waals surface area contributed by atoms with Gasteiger partial charge in [-0.05, 0) is 43.8 Å². The highest BCUT2D eigenvalue weighted by Crippen LogP contribution is 2.19. The normalized spacial score (nSPS) is 12.9. The lowest BCUT2D eigenvalue weighted by Gasteiger charge is -2.13. The first-order valence-corrected chi connectivity index (χ1v) is 7.72. The molecule has 2 rings (SSSR count). The fourth-order valence-corrected chi connectivity index (χ4v) is 2.80. The van der Waals surface area contributed by atoms with Crippen LogP contribution in [-0.4, -0.2) is 20.4 Å². The number of hydrogen-bond donors (Lipinski definition) is 2. The van der Waals surface area contributed by atoms with Crippen LogP contribution in [-0.2, 0) is 10.0 Å². The predicted octanol–water partition coefficient (Wildman–Crippen LogP) is 2.16. The highest BCUT2D eigenvalue weighted by Gasteiger charge is 2.16. The van der Waals surface area contributed by atoms with Crippen molar-refractivity contribution < 1.29 is 8.42 Å². The molecule has 106 valence electrons. The molecule has 0 aliphatic rings. The highest BCUT2D eigenvalue weighted by atomic mass is 32.2. The van der Waals surface area contributed by atoms with Crippen molar-refractivity contribution >= 4 is 15.8 Å². The second-order valence-corrected chi connectivity index (χ2v) is 6.09. The number of nitrogens with one attached hydrogen (secondary N) is 2. The summed E-state index contributed by atoms with van der Waals surface area (Å²) >= 11 is 0. The van der Waals surface area contributed by atoms with E-state index in [1.54, 1.807) is 36.4 Å². The molecule has 1 atom stereocenters. The zero-order valence-electron chi connectivity index (χ0n) is 11.4. The molecule has 1 heterocycles. The summed E-state index contributed by atoms with van der Waals surface area (Å²) in [4.78, 5) is 4.19. The fraction of sp³-hybridized carbons (Fsp3) is 0.214. The largest absolute Gasteiger partial charge is 0.313 e. The lowest BCUT2D eigenvalue weighted by molar-refractivity contribution is 0.600. The lowest BCUT2D eigenvalue weighted by Crippen LogP contribution is -2.16. The second-order valence-electron chi connectivity index (χ2n) is 4.40. The summed E-state index contributed by atoms with van der Waals surface area (Å²) < 4.78 is 27.0. The van der Waals surface area contributed by atoms with E-state index in [0.717, 1.165) is 5.56 Å². The average molecular weight is 291 g/mol. The van der Waals surface area contributed by atoms with Crippen LogP contribution in [0.4, 0.5) is 5.82 Å². The van der Waals surface area contributed by atoms with Crippen molar-refractivity contribution in [1.29, 1.82) is 0 Å². The zero-order valence-corrected chi connectivity index (χ0v) is 12.2. The molecule has 0 amide bonds. The van der Waals surface area contributed by atoms with Crippen molar-refractivity contribution in [2.45, 2.75) is 17.9 Å². The third-order valence-electron chi connectivity index (χ3n) is 3.01. The molecule has 5 nitrogen and oxygen atoms in total. The number of rotatable bonds is 5. The minimum absolute atomic E-state index is 0.0833. The third-order valence-corrected chi connectivity index (χ3v) is 4.36. The molecule has 0 aliphatic carbocycles. The number of aromatic nitrogens is 1. The van der Waals surface area contributed by atoms with Gasteiger partial charge in [0.2, 0.25) is 0 Å². The minimum Gasteiger partial charge on any atom is -0.313 e. The summed E-state index contributed by atoms with van der Waals surface area (Å²) in [5, 5.41) is 3.08. The van der Waals surface area contributed by atoms with E-state index in [9.17, 15) is 8.42 Å². The van der Waals surface area contributed by atoms with Gasteiger partial charge in [0.25, 0.3) is 10.0 Å². The van der Waals surface area contributed by atoms with Crippen LogP contribution in [0.1, 0.15) is 18.5 Å². The highest BCUT2D eigenvalue weighted by molar-refractivity contribution is 7.92. The van der Waals surface area contributed by atoms with Crippen LogP contribution in [0.15, 0.2) is 53.6 Å². The summed E-state index contributed by atoms with van der Waals surface area (Å²) in [7, 11) is -1.79. The molecular weight excluding hydrogens is 274 g/mol. The molecule has 2 N–H and O–H groups in total. The van der Waals surface area contributed by atoms with E-state index in [1.165, 1.54) is 6.20 Å². The van der Waals surface area contributed by atoms with Gasteiger partial charge in [-0.3, -0.25) is 4.72 Å². The Bertz CT molecular complexity index is 672. The van der Waals surface area contributed by atoms with Crippen molar-refractivity contribution in [3.05, 3.63) is 54.2 Å². The quantitative estimate of drug-likeness (QED) is 0.885. The van der Waals surface area contributed by atoms with Crippen molar-refractivity contribution in [2.75, 3.05) is 11.8 Å². The van der Waals surface area contributed by atoms with E-state index < -0.39 is 10.0 Å². The monoisotopic (exact) mass is 291 g/mol. The maximum Gasteiger partial charge on any atom is 0.263 e. The Labute approximate surface area is 119 Å². The fourth-order valence-electron chi connectivity index (χ4n) is 1.74. The van der Waals surface area contributed by atoms with Gasteiger partial charge in [0, 0.05) is 12.2 Å². The average Bonchev–Trinajstić information content (AvgIpc) is 2.47. The Kier molecular flexibility index (Phi) is 4.36. The molecule has 0 saturated heterocycles. The van der Waals surface area contributed by atoms with E-state index in [0.29, 0.717) is 5.82 Å². The molecule has 2 aromatic rings. The molecule has 6 heteroatoms. The van der Waals surface area contributed by atoms with Gasteiger partial charge in [-0.1, -0.05) is 18.2 Å². The molecular formula is C14H17N3O2S. The Morgan fingerprint density at radius 1 is 1.15 bits per heavy atom. The number of nitrogens with zero attached hydrogens (tertiary/aromatic N) is 1. The predicted molar refractivity (Wildman–Crippen MR) is 79.0 cm³/mol. The molecule has 0 bridgehead atoms. The molecule has 0 radical (unpaired) electrons. The number of sulfonamides is 1. The molecule has 0 saturated carbocycles. The number of anilines is 1. The SMILES string of the molecule is CNC(C)c1cccc(S(=O)(=O)Nc2ccccn2)c1. The van der Waals surface area contributed by atoms with Crippen molar-refractivity contribution in [1.82, 2.24) is 10.3 Å². The van der Waals surface area contributed by atoms with Crippen molar-refractivity contribution in [3.8, 4) is 0 Å². The molecule has 0 fully saturated rings. The molecule has 0 aliphatic heterocycles. The van der Waals surface area contributed by atoms with Gasteiger partial charge in [0.15, 0.2) is 0 Å². The summed E-state index contributed by atoms with van der Waals surface area (Å²) in [6.45, 7) is 1.97. The lowest BCUT2D eigenvalue weighted by atomic mass is 10.1. The molecule has 1 aromatic carbocycles. The summed E-state index contributed by atoms with van der Waals surface area (Å²) in [6, 6.07) is 12.0. The number of pyridine rings is 1. The molecule has 20 heavy (non-hydrogen) atoms. The van der Waals surface area contributed by atoms with Gasteiger partial charge in [-0.2, -0.15) is 0 Å².